The first-order valence-electron chi connectivity index (χ1n) is 6.32. The summed E-state index contributed by atoms with van der Waals surface area (Å²) < 4.78 is 0. The molecule has 2 unspecified atom stereocenters. The summed E-state index contributed by atoms with van der Waals surface area (Å²) in [5.74, 6) is 0.0906. The number of carbonyl (C=O) groups excluding carboxylic acids is 1. The highest BCUT2D eigenvalue weighted by atomic mass is 35.5. The minimum atomic E-state index is 0. The van der Waals surface area contributed by atoms with Crippen LogP contribution in [0.5, 0.6) is 0 Å². The molecule has 0 saturated heterocycles. The molecule has 0 fully saturated rings. The number of hydrogen-bond acceptors (Lipinski definition) is 3. The lowest BCUT2D eigenvalue weighted by Crippen LogP contribution is -2.30. The van der Waals surface area contributed by atoms with E-state index in [-0.39, 0.29) is 24.4 Å². The molecular weight excluding hydrogens is 280 g/mol. The highest BCUT2D eigenvalue weighted by molar-refractivity contribution is 8.00. The van der Waals surface area contributed by atoms with Gasteiger partial charge in [-0.3, -0.25) is 4.79 Å². The van der Waals surface area contributed by atoms with Crippen LogP contribution in [0.15, 0.2) is 35.2 Å². The van der Waals surface area contributed by atoms with E-state index < -0.39 is 0 Å². The van der Waals surface area contributed by atoms with Gasteiger partial charge in [0.25, 0.3) is 0 Å². The highest BCUT2D eigenvalue weighted by Crippen LogP contribution is 2.21. The molecule has 0 spiro atoms. The fourth-order valence-electron chi connectivity index (χ4n) is 1.48. The Labute approximate surface area is 126 Å². The summed E-state index contributed by atoms with van der Waals surface area (Å²) in [6.45, 7) is 4.72. The van der Waals surface area contributed by atoms with Crippen molar-refractivity contribution >= 4 is 30.1 Å². The fourth-order valence-corrected chi connectivity index (χ4v) is 2.42. The molecule has 2 atom stereocenters. The lowest BCUT2D eigenvalue weighted by Gasteiger charge is -2.12. The van der Waals surface area contributed by atoms with Crippen molar-refractivity contribution in [1.29, 1.82) is 0 Å². The zero-order valence-corrected chi connectivity index (χ0v) is 13.1. The number of halogens is 1. The summed E-state index contributed by atoms with van der Waals surface area (Å²) >= 11 is 1.77. The van der Waals surface area contributed by atoms with Gasteiger partial charge < -0.3 is 11.1 Å². The average Bonchev–Trinajstić information content (AvgIpc) is 2.35. The second-order valence-electron chi connectivity index (χ2n) is 4.56. The molecule has 0 heterocycles. The van der Waals surface area contributed by atoms with E-state index in [0.717, 1.165) is 6.42 Å². The van der Waals surface area contributed by atoms with E-state index in [1.807, 2.05) is 25.1 Å². The molecule has 0 saturated carbocycles. The molecule has 1 aromatic rings. The van der Waals surface area contributed by atoms with E-state index in [2.05, 4.69) is 24.4 Å². The van der Waals surface area contributed by atoms with Gasteiger partial charge in [0, 0.05) is 29.2 Å². The summed E-state index contributed by atoms with van der Waals surface area (Å²) in [7, 11) is 0. The number of nitrogens with one attached hydrogen (secondary N) is 1. The summed E-state index contributed by atoms with van der Waals surface area (Å²) in [6, 6.07) is 10.3. The number of carbonyl (C=O) groups is 1. The van der Waals surface area contributed by atoms with Gasteiger partial charge in [0.2, 0.25) is 5.91 Å². The van der Waals surface area contributed by atoms with Gasteiger partial charge in [-0.15, -0.1) is 24.2 Å². The molecule has 1 aromatic carbocycles. The molecule has 0 radical (unpaired) electrons. The van der Waals surface area contributed by atoms with Crippen molar-refractivity contribution in [3.63, 3.8) is 0 Å². The number of benzene rings is 1. The molecule has 108 valence electrons. The molecule has 0 aromatic heterocycles. The third-order valence-electron chi connectivity index (χ3n) is 2.49. The second kappa shape index (κ2) is 10.1. The summed E-state index contributed by atoms with van der Waals surface area (Å²) in [5.41, 5.74) is 5.61. The van der Waals surface area contributed by atoms with Crippen LogP contribution in [-0.2, 0) is 4.79 Å². The first kappa shape index (κ1) is 18.3. The van der Waals surface area contributed by atoms with Crippen LogP contribution in [-0.4, -0.2) is 23.7 Å². The van der Waals surface area contributed by atoms with Gasteiger partial charge in [0.05, 0.1) is 0 Å². The van der Waals surface area contributed by atoms with Crippen LogP contribution in [0.25, 0.3) is 0 Å². The van der Waals surface area contributed by atoms with Crippen molar-refractivity contribution in [2.45, 2.75) is 42.9 Å². The van der Waals surface area contributed by atoms with Crippen LogP contribution in [0.3, 0.4) is 0 Å². The Morgan fingerprint density at radius 1 is 1.32 bits per heavy atom. The van der Waals surface area contributed by atoms with Gasteiger partial charge in [0.15, 0.2) is 0 Å². The molecule has 1 rings (SSSR count). The Bertz CT molecular complexity index is 360. The van der Waals surface area contributed by atoms with Gasteiger partial charge in [-0.2, -0.15) is 0 Å². The van der Waals surface area contributed by atoms with Gasteiger partial charge in [-0.1, -0.05) is 25.1 Å². The summed E-state index contributed by atoms with van der Waals surface area (Å²) in [5, 5.41) is 3.31. The number of nitrogens with two attached hydrogens (primary N) is 1. The number of thioether (sulfide) groups is 1. The number of hydrogen-bond donors (Lipinski definition) is 2. The monoisotopic (exact) mass is 302 g/mol. The maximum absolute atomic E-state index is 11.5. The molecule has 3 N–H and O–H groups in total. The van der Waals surface area contributed by atoms with Crippen molar-refractivity contribution in [2.75, 3.05) is 6.54 Å². The molecule has 0 aliphatic carbocycles. The molecule has 1 amide bonds. The van der Waals surface area contributed by atoms with Crippen LogP contribution in [0.1, 0.15) is 26.7 Å². The minimum Gasteiger partial charge on any atom is -0.355 e. The summed E-state index contributed by atoms with van der Waals surface area (Å²) in [6.07, 6.45) is 1.26. The van der Waals surface area contributed by atoms with E-state index in [1.165, 1.54) is 4.90 Å². The van der Waals surface area contributed by atoms with E-state index in [1.54, 1.807) is 11.8 Å². The molecule has 0 aliphatic rings. The molecule has 5 heteroatoms. The zero-order chi connectivity index (χ0) is 13.4. The standard InChI is InChI=1S/C14H22N2OS.ClH/c1-11(15)8-9-14(17)16-10-12(2)18-13-6-4-3-5-7-13;/h3-7,11-12H,8-10,15H2,1-2H3,(H,16,17);1H. The van der Waals surface area contributed by atoms with Crippen molar-refractivity contribution < 1.29 is 4.79 Å². The smallest absolute Gasteiger partial charge is 0.220 e. The predicted octanol–water partition coefficient (Wildman–Crippen LogP) is 2.83. The molecule has 3 nitrogen and oxygen atoms in total. The molecule has 0 aliphatic heterocycles. The second-order valence-corrected chi connectivity index (χ2v) is 6.07. The predicted molar refractivity (Wildman–Crippen MR) is 84.9 cm³/mol. The van der Waals surface area contributed by atoms with Crippen LogP contribution in [0.4, 0.5) is 0 Å². The normalized spacial score (nSPS) is 13.2. The van der Waals surface area contributed by atoms with Crippen molar-refractivity contribution in [1.82, 2.24) is 5.32 Å². The first-order valence-corrected chi connectivity index (χ1v) is 7.20. The average molecular weight is 303 g/mol. The lowest BCUT2D eigenvalue weighted by atomic mass is 10.2. The first-order chi connectivity index (χ1) is 8.58. The zero-order valence-electron chi connectivity index (χ0n) is 11.5. The lowest BCUT2D eigenvalue weighted by molar-refractivity contribution is -0.121. The van der Waals surface area contributed by atoms with Crippen LogP contribution < -0.4 is 11.1 Å². The van der Waals surface area contributed by atoms with Crippen molar-refractivity contribution in [3.05, 3.63) is 30.3 Å². The third-order valence-corrected chi connectivity index (χ3v) is 3.61. The van der Waals surface area contributed by atoms with E-state index in [0.29, 0.717) is 18.2 Å². The van der Waals surface area contributed by atoms with Gasteiger partial charge >= 0.3 is 0 Å². The maximum atomic E-state index is 11.5. The van der Waals surface area contributed by atoms with E-state index in [9.17, 15) is 4.79 Å². The van der Waals surface area contributed by atoms with Gasteiger partial charge in [-0.25, -0.2) is 0 Å². The van der Waals surface area contributed by atoms with Crippen molar-refractivity contribution in [3.8, 4) is 0 Å². The van der Waals surface area contributed by atoms with Gasteiger partial charge in [-0.05, 0) is 25.5 Å². The molecular formula is C14H23ClN2OS. The number of rotatable bonds is 7. The van der Waals surface area contributed by atoms with Crippen LogP contribution in [0.2, 0.25) is 0 Å². The maximum Gasteiger partial charge on any atom is 0.220 e. The van der Waals surface area contributed by atoms with E-state index >= 15 is 0 Å². The fraction of sp³-hybridized carbons (Fsp3) is 0.500. The quantitative estimate of drug-likeness (QED) is 0.762. The number of amides is 1. The minimum absolute atomic E-state index is 0. The largest absolute Gasteiger partial charge is 0.355 e. The molecule has 19 heavy (non-hydrogen) atoms. The SMILES string of the molecule is CC(N)CCC(=O)NCC(C)Sc1ccccc1.Cl. The van der Waals surface area contributed by atoms with E-state index in [4.69, 9.17) is 5.73 Å². The summed E-state index contributed by atoms with van der Waals surface area (Å²) in [4.78, 5) is 12.8. The van der Waals surface area contributed by atoms with Crippen LogP contribution >= 0.6 is 24.2 Å². The highest BCUT2D eigenvalue weighted by Gasteiger charge is 2.07. The third kappa shape index (κ3) is 8.92. The Hall–Kier alpha value is -0.710. The molecule has 0 bridgehead atoms. The Balaban J connectivity index is 0.00000324. The Kier molecular flexibility index (Phi) is 9.74. The Morgan fingerprint density at radius 2 is 1.95 bits per heavy atom. The Morgan fingerprint density at radius 3 is 2.53 bits per heavy atom. The van der Waals surface area contributed by atoms with Crippen LogP contribution in [0, 0.1) is 0 Å². The van der Waals surface area contributed by atoms with Crippen molar-refractivity contribution in [2.24, 2.45) is 5.73 Å². The van der Waals surface area contributed by atoms with Gasteiger partial charge in [0.1, 0.15) is 0 Å². The topological polar surface area (TPSA) is 55.1 Å².